The van der Waals surface area contributed by atoms with Crippen LogP contribution in [0.25, 0.3) is 0 Å². The number of phenolic OH excluding ortho intramolecular Hbond substituents is 1. The van der Waals surface area contributed by atoms with E-state index in [1.807, 2.05) is 13.0 Å². The number of nitrogens with zero attached hydrogens (tertiary/aromatic N) is 1. The lowest BCUT2D eigenvalue weighted by molar-refractivity contribution is 0.471. The van der Waals surface area contributed by atoms with E-state index in [0.29, 0.717) is 5.75 Å². The van der Waals surface area contributed by atoms with Crippen molar-refractivity contribution in [3.63, 3.8) is 0 Å². The Kier molecular flexibility index (Phi) is 3.69. The second-order valence-corrected chi connectivity index (χ2v) is 3.51. The van der Waals surface area contributed by atoms with Crippen LogP contribution in [0.1, 0.15) is 37.0 Å². The molecule has 0 atom stereocenters. The van der Waals surface area contributed by atoms with Crippen molar-refractivity contribution in [2.75, 3.05) is 0 Å². The van der Waals surface area contributed by atoms with Crippen LogP contribution >= 0.6 is 0 Å². The minimum atomic E-state index is 0.358. The third-order valence-corrected chi connectivity index (χ3v) is 1.95. The number of fused-ring (bicyclic) bond motifs is 1. The summed E-state index contributed by atoms with van der Waals surface area (Å²) >= 11 is 0. The molecule has 1 aromatic carbocycles. The van der Waals surface area contributed by atoms with Crippen molar-refractivity contribution < 1.29 is 5.11 Å². The second kappa shape index (κ2) is 4.80. The molecule has 0 amide bonds. The molecule has 0 fully saturated rings. The monoisotopic (exact) mass is 191 g/mol. The van der Waals surface area contributed by atoms with Crippen molar-refractivity contribution in [1.82, 2.24) is 0 Å². The topological polar surface area (TPSA) is 32.6 Å². The fraction of sp³-hybridized carbons (Fsp3) is 0.417. The molecule has 1 heterocycles. The van der Waals surface area contributed by atoms with Gasteiger partial charge in [-0.1, -0.05) is 20.3 Å². The van der Waals surface area contributed by atoms with Gasteiger partial charge in [-0.25, -0.2) is 0 Å². The summed E-state index contributed by atoms with van der Waals surface area (Å²) in [4.78, 5) is 4.10. The lowest BCUT2D eigenvalue weighted by Crippen LogP contribution is -1.85. The Morgan fingerprint density at radius 1 is 1.36 bits per heavy atom. The molecule has 2 heteroatoms. The molecular formula is C12H17NO. The predicted molar refractivity (Wildman–Crippen MR) is 60.1 cm³/mol. The van der Waals surface area contributed by atoms with E-state index in [-0.39, 0.29) is 0 Å². The maximum atomic E-state index is 9.32. The summed E-state index contributed by atoms with van der Waals surface area (Å²) < 4.78 is 0. The summed E-state index contributed by atoms with van der Waals surface area (Å²) in [5.41, 5.74) is 3.18. The Hall–Kier alpha value is -1.31. The van der Waals surface area contributed by atoms with Crippen LogP contribution in [-0.2, 0) is 6.54 Å². The molecule has 0 aliphatic carbocycles. The molecule has 1 aliphatic heterocycles. The summed E-state index contributed by atoms with van der Waals surface area (Å²) in [5.74, 6) is 0.358. The predicted octanol–water partition coefficient (Wildman–Crippen LogP) is 3.05. The number of aliphatic imine (C=N–C) groups is 1. The maximum Gasteiger partial charge on any atom is 0.119 e. The molecular weight excluding hydrogens is 174 g/mol. The van der Waals surface area contributed by atoms with Crippen molar-refractivity contribution in [2.24, 2.45) is 4.99 Å². The molecule has 0 aromatic heterocycles. The van der Waals surface area contributed by atoms with Gasteiger partial charge in [-0.3, -0.25) is 4.99 Å². The molecule has 1 aromatic rings. The third kappa shape index (κ3) is 2.34. The molecule has 0 bridgehead atoms. The van der Waals surface area contributed by atoms with E-state index in [1.165, 1.54) is 12.0 Å². The van der Waals surface area contributed by atoms with Gasteiger partial charge in [0.2, 0.25) is 0 Å². The molecule has 2 rings (SSSR count). The quantitative estimate of drug-likeness (QED) is 0.671. The van der Waals surface area contributed by atoms with Crippen LogP contribution in [0.5, 0.6) is 5.75 Å². The van der Waals surface area contributed by atoms with Gasteiger partial charge in [0, 0.05) is 11.8 Å². The zero-order valence-corrected chi connectivity index (χ0v) is 9.04. The molecule has 1 N–H and O–H groups in total. The number of benzene rings is 1. The van der Waals surface area contributed by atoms with Crippen molar-refractivity contribution in [2.45, 2.75) is 33.7 Å². The highest BCUT2D eigenvalue weighted by molar-refractivity contribution is 5.85. The number of aromatic hydroxyl groups is 1. The highest BCUT2D eigenvalue weighted by Crippen LogP contribution is 2.23. The smallest absolute Gasteiger partial charge is 0.119 e. The van der Waals surface area contributed by atoms with Crippen LogP contribution in [0.3, 0.4) is 0 Å². The third-order valence-electron chi connectivity index (χ3n) is 1.95. The van der Waals surface area contributed by atoms with Gasteiger partial charge >= 0.3 is 0 Å². The van der Waals surface area contributed by atoms with E-state index in [4.69, 9.17) is 0 Å². The normalized spacial score (nSPS) is 11.9. The van der Waals surface area contributed by atoms with E-state index in [1.54, 1.807) is 12.3 Å². The van der Waals surface area contributed by atoms with Gasteiger partial charge in [-0.2, -0.15) is 0 Å². The fourth-order valence-electron chi connectivity index (χ4n) is 1.27. The van der Waals surface area contributed by atoms with Crippen molar-refractivity contribution in [3.8, 4) is 5.75 Å². The molecule has 76 valence electrons. The van der Waals surface area contributed by atoms with Gasteiger partial charge < -0.3 is 5.11 Å². The highest BCUT2D eigenvalue weighted by Gasteiger charge is 2.08. The van der Waals surface area contributed by atoms with Crippen LogP contribution in [0.2, 0.25) is 0 Å². The molecule has 0 radical (unpaired) electrons. The largest absolute Gasteiger partial charge is 0.508 e. The zero-order chi connectivity index (χ0) is 10.6. The van der Waals surface area contributed by atoms with E-state index in [2.05, 4.69) is 18.8 Å². The van der Waals surface area contributed by atoms with Crippen molar-refractivity contribution in [3.05, 3.63) is 28.8 Å². The Balaban J connectivity index is 0.000000293. The van der Waals surface area contributed by atoms with Gasteiger partial charge in [0.25, 0.3) is 0 Å². The number of hydrogen-bond acceptors (Lipinski definition) is 2. The molecule has 0 saturated heterocycles. The standard InChI is InChI=1S/C9H9NO.C3H8/c1-6-2-7-4-10-5-8(7)3-9(6)11;1-3-2/h2-3,5,11H,4H2,1H3;3H2,1-2H3. The van der Waals surface area contributed by atoms with Crippen LogP contribution in [0, 0.1) is 6.92 Å². The van der Waals surface area contributed by atoms with Gasteiger partial charge in [0.15, 0.2) is 0 Å². The average molecular weight is 191 g/mol. The number of hydrogen-bond donors (Lipinski definition) is 1. The molecule has 0 saturated carbocycles. The Morgan fingerprint density at radius 3 is 2.64 bits per heavy atom. The summed E-state index contributed by atoms with van der Waals surface area (Å²) in [6.45, 7) is 6.91. The summed E-state index contributed by atoms with van der Waals surface area (Å²) in [6, 6.07) is 3.75. The maximum absolute atomic E-state index is 9.32. The fourth-order valence-corrected chi connectivity index (χ4v) is 1.27. The molecule has 0 unspecified atom stereocenters. The molecule has 2 nitrogen and oxygen atoms in total. The lowest BCUT2D eigenvalue weighted by atomic mass is 10.1. The van der Waals surface area contributed by atoms with Crippen LogP contribution in [0.15, 0.2) is 17.1 Å². The Bertz CT molecular complexity index is 342. The van der Waals surface area contributed by atoms with Crippen molar-refractivity contribution in [1.29, 1.82) is 0 Å². The van der Waals surface area contributed by atoms with Crippen LogP contribution in [0.4, 0.5) is 0 Å². The van der Waals surface area contributed by atoms with Crippen molar-refractivity contribution >= 4 is 6.21 Å². The van der Waals surface area contributed by atoms with Gasteiger partial charge in [-0.15, -0.1) is 0 Å². The Morgan fingerprint density at radius 2 is 2.00 bits per heavy atom. The van der Waals surface area contributed by atoms with Gasteiger partial charge in [0.1, 0.15) is 5.75 Å². The first kappa shape index (κ1) is 10.8. The molecule has 1 aliphatic rings. The lowest BCUT2D eigenvalue weighted by Gasteiger charge is -2.01. The SMILES string of the molecule is CCC.Cc1cc2c(cc1O)C=NC2. The zero-order valence-electron chi connectivity index (χ0n) is 9.04. The van der Waals surface area contributed by atoms with E-state index in [0.717, 1.165) is 17.7 Å². The highest BCUT2D eigenvalue weighted by atomic mass is 16.3. The van der Waals surface area contributed by atoms with E-state index >= 15 is 0 Å². The van der Waals surface area contributed by atoms with Gasteiger partial charge in [0.05, 0.1) is 6.54 Å². The minimum absolute atomic E-state index is 0.358. The minimum Gasteiger partial charge on any atom is -0.508 e. The first-order valence-electron chi connectivity index (χ1n) is 5.01. The molecule has 14 heavy (non-hydrogen) atoms. The first-order chi connectivity index (χ1) is 6.69. The average Bonchev–Trinajstić information content (AvgIpc) is 2.54. The number of rotatable bonds is 0. The van der Waals surface area contributed by atoms with E-state index in [9.17, 15) is 5.11 Å². The number of aryl methyl sites for hydroxylation is 1. The summed E-state index contributed by atoms with van der Waals surface area (Å²) in [6.07, 6.45) is 3.05. The van der Waals surface area contributed by atoms with Crippen LogP contribution < -0.4 is 0 Å². The number of phenols is 1. The Labute approximate surface area is 85.3 Å². The second-order valence-electron chi connectivity index (χ2n) is 3.51. The first-order valence-corrected chi connectivity index (χ1v) is 5.01. The summed E-state index contributed by atoms with van der Waals surface area (Å²) in [7, 11) is 0. The summed E-state index contributed by atoms with van der Waals surface area (Å²) in [5, 5.41) is 9.32. The molecule has 0 spiro atoms. The van der Waals surface area contributed by atoms with Gasteiger partial charge in [-0.05, 0) is 30.2 Å². The van der Waals surface area contributed by atoms with Crippen LogP contribution in [-0.4, -0.2) is 11.3 Å². The van der Waals surface area contributed by atoms with E-state index < -0.39 is 0 Å².